The summed E-state index contributed by atoms with van der Waals surface area (Å²) in [5.74, 6) is -1.08. The molecule has 0 radical (unpaired) electrons. The summed E-state index contributed by atoms with van der Waals surface area (Å²) in [4.78, 5) is 28.0. The average Bonchev–Trinajstić information content (AvgIpc) is 3.01. The highest BCUT2D eigenvalue weighted by molar-refractivity contribution is 7.09. The lowest BCUT2D eigenvalue weighted by molar-refractivity contribution is -0.139. The van der Waals surface area contributed by atoms with Crippen molar-refractivity contribution in [2.75, 3.05) is 0 Å². The fourth-order valence-corrected chi connectivity index (χ4v) is 3.62. The molecule has 1 amide bonds. The average molecular weight is 360 g/mol. The Bertz CT molecular complexity index is 708. The minimum Gasteiger partial charge on any atom is -0.481 e. The lowest BCUT2D eigenvalue weighted by Crippen LogP contribution is -2.49. The number of aromatic nitrogens is 1. The molecule has 0 atom stereocenters. The van der Waals surface area contributed by atoms with Crippen molar-refractivity contribution in [1.82, 2.24) is 10.3 Å². The van der Waals surface area contributed by atoms with E-state index in [9.17, 15) is 9.59 Å². The van der Waals surface area contributed by atoms with E-state index in [4.69, 9.17) is 5.11 Å². The van der Waals surface area contributed by atoms with Crippen LogP contribution >= 0.6 is 11.3 Å². The molecule has 1 aromatic carbocycles. The van der Waals surface area contributed by atoms with E-state index in [0.29, 0.717) is 12.8 Å². The lowest BCUT2D eigenvalue weighted by atomic mass is 9.88. The number of nitrogens with one attached hydrogen (secondary N) is 1. The standard InChI is InChI=1S/C19H24N2O3S/c1-3-19(4-2,12-18(23)24)21-16(22)11-15-13-25-17(20-15)10-14-8-6-5-7-9-14/h5-9,13H,3-4,10-12H2,1-2H3,(H,21,22)(H,23,24). The summed E-state index contributed by atoms with van der Waals surface area (Å²) >= 11 is 1.54. The number of carbonyl (C=O) groups is 2. The SMILES string of the molecule is CCC(CC)(CC(=O)O)NC(=O)Cc1csc(Cc2ccccc2)n1. The summed E-state index contributed by atoms with van der Waals surface area (Å²) in [6, 6.07) is 10.1. The van der Waals surface area contributed by atoms with E-state index in [2.05, 4.69) is 22.4 Å². The molecule has 0 bridgehead atoms. The third-order valence-corrected chi connectivity index (χ3v) is 5.28. The van der Waals surface area contributed by atoms with Crippen molar-refractivity contribution in [2.45, 2.75) is 51.5 Å². The Balaban J connectivity index is 1.97. The number of amides is 1. The number of thiazole rings is 1. The van der Waals surface area contributed by atoms with Gasteiger partial charge in [-0.3, -0.25) is 9.59 Å². The van der Waals surface area contributed by atoms with Gasteiger partial charge in [-0.1, -0.05) is 44.2 Å². The Morgan fingerprint density at radius 2 is 1.88 bits per heavy atom. The first-order chi connectivity index (χ1) is 12.0. The molecule has 0 unspecified atom stereocenters. The summed E-state index contributed by atoms with van der Waals surface area (Å²) in [7, 11) is 0. The van der Waals surface area contributed by atoms with Gasteiger partial charge >= 0.3 is 5.97 Å². The Hall–Kier alpha value is -2.21. The molecule has 0 aliphatic carbocycles. The molecule has 1 heterocycles. The Morgan fingerprint density at radius 1 is 1.20 bits per heavy atom. The van der Waals surface area contributed by atoms with Crippen molar-refractivity contribution in [3.05, 3.63) is 52.0 Å². The van der Waals surface area contributed by atoms with Gasteiger partial charge in [0.1, 0.15) is 0 Å². The van der Waals surface area contributed by atoms with Gasteiger partial charge in [0, 0.05) is 17.3 Å². The van der Waals surface area contributed by atoms with E-state index >= 15 is 0 Å². The predicted molar refractivity (Wildman–Crippen MR) is 98.8 cm³/mol. The van der Waals surface area contributed by atoms with Crippen LogP contribution in [-0.4, -0.2) is 27.5 Å². The minimum absolute atomic E-state index is 0.0674. The normalized spacial score (nSPS) is 11.3. The fourth-order valence-electron chi connectivity index (χ4n) is 2.80. The number of nitrogens with zero attached hydrogens (tertiary/aromatic N) is 1. The van der Waals surface area contributed by atoms with Gasteiger partial charge in [-0.05, 0) is 18.4 Å². The van der Waals surface area contributed by atoms with Crippen molar-refractivity contribution in [2.24, 2.45) is 0 Å². The highest BCUT2D eigenvalue weighted by Gasteiger charge is 2.31. The molecule has 0 aliphatic rings. The molecule has 2 N–H and O–H groups in total. The molecule has 134 valence electrons. The molecule has 2 rings (SSSR count). The zero-order valence-corrected chi connectivity index (χ0v) is 15.4. The van der Waals surface area contributed by atoms with Crippen molar-refractivity contribution in [3.8, 4) is 0 Å². The maximum absolute atomic E-state index is 12.4. The summed E-state index contributed by atoms with van der Waals surface area (Å²) in [5.41, 5.74) is 1.22. The Morgan fingerprint density at radius 3 is 2.48 bits per heavy atom. The number of hydrogen-bond donors (Lipinski definition) is 2. The van der Waals surface area contributed by atoms with E-state index in [1.54, 1.807) is 11.3 Å². The molecule has 1 aromatic heterocycles. The van der Waals surface area contributed by atoms with Crippen LogP contribution in [0.25, 0.3) is 0 Å². The Labute approximate surface area is 152 Å². The fraction of sp³-hybridized carbons (Fsp3) is 0.421. The Kier molecular flexibility index (Phi) is 6.70. The van der Waals surface area contributed by atoms with Crippen LogP contribution in [0.3, 0.4) is 0 Å². The molecular formula is C19H24N2O3S. The molecule has 25 heavy (non-hydrogen) atoms. The van der Waals surface area contributed by atoms with Crippen molar-refractivity contribution in [3.63, 3.8) is 0 Å². The van der Waals surface area contributed by atoms with E-state index in [1.807, 2.05) is 37.4 Å². The van der Waals surface area contributed by atoms with Gasteiger partial charge in [-0.15, -0.1) is 11.3 Å². The first-order valence-electron chi connectivity index (χ1n) is 8.46. The zero-order valence-electron chi connectivity index (χ0n) is 14.6. The number of aliphatic carboxylic acids is 1. The van der Waals surface area contributed by atoms with Gasteiger partial charge in [0.05, 0.1) is 23.5 Å². The smallest absolute Gasteiger partial charge is 0.305 e. The van der Waals surface area contributed by atoms with E-state index < -0.39 is 11.5 Å². The highest BCUT2D eigenvalue weighted by atomic mass is 32.1. The predicted octanol–water partition coefficient (Wildman–Crippen LogP) is 3.43. The minimum atomic E-state index is -0.900. The molecule has 0 spiro atoms. The van der Waals surface area contributed by atoms with Crippen LogP contribution in [0.2, 0.25) is 0 Å². The van der Waals surface area contributed by atoms with Crippen LogP contribution in [-0.2, 0) is 22.4 Å². The second-order valence-corrected chi connectivity index (χ2v) is 7.12. The number of rotatable bonds is 9. The third-order valence-electron chi connectivity index (χ3n) is 4.39. The number of carbonyl (C=O) groups excluding carboxylic acids is 1. The van der Waals surface area contributed by atoms with Crippen LogP contribution in [0.5, 0.6) is 0 Å². The second kappa shape index (κ2) is 8.76. The number of benzene rings is 1. The molecular weight excluding hydrogens is 336 g/mol. The maximum atomic E-state index is 12.4. The van der Waals surface area contributed by atoms with Crippen LogP contribution < -0.4 is 5.32 Å². The van der Waals surface area contributed by atoms with E-state index in [1.165, 1.54) is 5.56 Å². The molecule has 0 fully saturated rings. The first kappa shape index (κ1) is 19.1. The van der Waals surface area contributed by atoms with Gasteiger partial charge in [0.25, 0.3) is 0 Å². The summed E-state index contributed by atoms with van der Waals surface area (Å²) in [6.45, 7) is 3.79. The molecule has 6 heteroatoms. The number of carboxylic acids is 1. The molecule has 0 aliphatic heterocycles. The molecule has 0 saturated heterocycles. The largest absolute Gasteiger partial charge is 0.481 e. The molecule has 2 aromatic rings. The second-order valence-electron chi connectivity index (χ2n) is 6.18. The van der Waals surface area contributed by atoms with Gasteiger partial charge in [0.2, 0.25) is 5.91 Å². The highest BCUT2D eigenvalue weighted by Crippen LogP contribution is 2.21. The summed E-state index contributed by atoms with van der Waals surface area (Å²) in [6.07, 6.45) is 2.02. The van der Waals surface area contributed by atoms with Crippen LogP contribution in [0.4, 0.5) is 0 Å². The quantitative estimate of drug-likeness (QED) is 0.718. The lowest BCUT2D eigenvalue weighted by Gasteiger charge is -2.31. The van der Waals surface area contributed by atoms with Gasteiger partial charge < -0.3 is 10.4 Å². The summed E-state index contributed by atoms with van der Waals surface area (Å²) < 4.78 is 0. The zero-order chi connectivity index (χ0) is 18.3. The van der Waals surface area contributed by atoms with Gasteiger partial charge in [-0.2, -0.15) is 0 Å². The number of hydrogen-bond acceptors (Lipinski definition) is 4. The van der Waals surface area contributed by atoms with Crippen molar-refractivity contribution < 1.29 is 14.7 Å². The maximum Gasteiger partial charge on any atom is 0.305 e. The first-order valence-corrected chi connectivity index (χ1v) is 9.34. The van der Waals surface area contributed by atoms with Gasteiger partial charge in [0.15, 0.2) is 0 Å². The van der Waals surface area contributed by atoms with E-state index in [0.717, 1.165) is 17.1 Å². The van der Waals surface area contributed by atoms with Crippen LogP contribution in [0.15, 0.2) is 35.7 Å². The monoisotopic (exact) mass is 360 g/mol. The molecule has 5 nitrogen and oxygen atoms in total. The summed E-state index contributed by atoms with van der Waals surface area (Å²) in [5, 5.41) is 14.9. The number of carboxylic acid groups (broad SMARTS) is 1. The van der Waals surface area contributed by atoms with Crippen LogP contribution in [0, 0.1) is 0 Å². The molecule has 0 saturated carbocycles. The van der Waals surface area contributed by atoms with Gasteiger partial charge in [-0.25, -0.2) is 4.98 Å². The van der Waals surface area contributed by atoms with Crippen molar-refractivity contribution in [1.29, 1.82) is 0 Å². The van der Waals surface area contributed by atoms with Crippen molar-refractivity contribution >= 4 is 23.2 Å². The van der Waals surface area contributed by atoms with Crippen LogP contribution in [0.1, 0.15) is 49.4 Å². The topological polar surface area (TPSA) is 79.3 Å². The van der Waals surface area contributed by atoms with E-state index in [-0.39, 0.29) is 18.7 Å². The third kappa shape index (κ3) is 5.67.